The van der Waals surface area contributed by atoms with Crippen molar-refractivity contribution in [3.8, 4) is 5.75 Å². The van der Waals surface area contributed by atoms with Gasteiger partial charge in [-0.15, -0.1) is 0 Å². The van der Waals surface area contributed by atoms with E-state index in [0.29, 0.717) is 16.7 Å². The maximum atomic E-state index is 12.4. The van der Waals surface area contributed by atoms with E-state index in [4.69, 9.17) is 0 Å². The van der Waals surface area contributed by atoms with Gasteiger partial charge in [0.1, 0.15) is 5.75 Å². The largest absolute Gasteiger partial charge is 0.465 e. The van der Waals surface area contributed by atoms with Gasteiger partial charge in [-0.3, -0.25) is 4.79 Å². The molecule has 0 unspecified atom stereocenters. The van der Waals surface area contributed by atoms with Crippen LogP contribution in [0.5, 0.6) is 5.75 Å². The summed E-state index contributed by atoms with van der Waals surface area (Å²) in [4.78, 5) is 23.2. The quantitative estimate of drug-likeness (QED) is 0.606. The number of alkyl halides is 2. The van der Waals surface area contributed by atoms with Crippen LogP contribution in [0.2, 0.25) is 0 Å². The fourth-order valence-electron chi connectivity index (χ4n) is 2.12. The van der Waals surface area contributed by atoms with Gasteiger partial charge in [-0.1, -0.05) is 30.3 Å². The Labute approximate surface area is 149 Å². The number of carbonyl (C=O) groups excluding carboxylic acids is 2. The Balaban J connectivity index is 1.93. The maximum Gasteiger partial charge on any atom is 0.387 e. The molecule has 0 atom stereocenters. The van der Waals surface area contributed by atoms with Gasteiger partial charge in [-0.05, 0) is 29.8 Å². The Kier molecular flexibility index (Phi) is 6.84. The highest BCUT2D eigenvalue weighted by Crippen LogP contribution is 2.19. The minimum atomic E-state index is -2.93. The number of para-hydroxylation sites is 1. The number of carbonyl (C=O) groups is 2. The molecule has 2 aromatic carbocycles. The number of amides is 1. The van der Waals surface area contributed by atoms with Gasteiger partial charge in [0, 0.05) is 18.2 Å². The number of ether oxygens (including phenoxy) is 2. The smallest absolute Gasteiger partial charge is 0.387 e. The van der Waals surface area contributed by atoms with E-state index in [-0.39, 0.29) is 12.3 Å². The third-order valence-corrected chi connectivity index (χ3v) is 3.40. The van der Waals surface area contributed by atoms with Crippen LogP contribution >= 0.6 is 0 Å². The summed E-state index contributed by atoms with van der Waals surface area (Å²) in [6.45, 7) is -2.88. The van der Waals surface area contributed by atoms with E-state index in [1.54, 1.807) is 48.5 Å². The van der Waals surface area contributed by atoms with Crippen LogP contribution in [-0.2, 0) is 16.1 Å². The molecule has 0 spiro atoms. The molecule has 0 fully saturated rings. The zero-order chi connectivity index (χ0) is 18.9. The predicted molar refractivity (Wildman–Crippen MR) is 91.7 cm³/mol. The van der Waals surface area contributed by atoms with Crippen LogP contribution in [0.15, 0.2) is 54.6 Å². The summed E-state index contributed by atoms with van der Waals surface area (Å²) >= 11 is 0. The molecule has 2 rings (SSSR count). The zero-order valence-electron chi connectivity index (χ0n) is 13.9. The third-order valence-electron chi connectivity index (χ3n) is 3.40. The summed E-state index contributed by atoms with van der Waals surface area (Å²) in [7, 11) is 1.30. The van der Waals surface area contributed by atoms with Crippen LogP contribution in [0.1, 0.15) is 21.5 Å². The number of benzene rings is 2. The molecular formula is C19H17F2NO4. The Morgan fingerprint density at radius 2 is 1.81 bits per heavy atom. The zero-order valence-corrected chi connectivity index (χ0v) is 13.9. The average Bonchev–Trinajstić information content (AvgIpc) is 2.65. The van der Waals surface area contributed by atoms with E-state index >= 15 is 0 Å². The second-order valence-electron chi connectivity index (χ2n) is 5.15. The van der Waals surface area contributed by atoms with Gasteiger partial charge in [0.2, 0.25) is 5.91 Å². The Hall–Kier alpha value is -3.22. The van der Waals surface area contributed by atoms with E-state index in [1.807, 2.05) is 0 Å². The van der Waals surface area contributed by atoms with Gasteiger partial charge in [0.25, 0.3) is 0 Å². The topological polar surface area (TPSA) is 64.6 Å². The monoisotopic (exact) mass is 361 g/mol. The highest BCUT2D eigenvalue weighted by atomic mass is 19.3. The fourth-order valence-corrected chi connectivity index (χ4v) is 2.12. The summed E-state index contributed by atoms with van der Waals surface area (Å²) in [5, 5.41) is 2.60. The average molecular weight is 361 g/mol. The Morgan fingerprint density at radius 1 is 1.12 bits per heavy atom. The minimum absolute atomic E-state index is 0.0187. The Morgan fingerprint density at radius 3 is 2.46 bits per heavy atom. The van der Waals surface area contributed by atoms with E-state index < -0.39 is 18.5 Å². The SMILES string of the molecule is COC(=O)c1ccc(/C=C/C(=O)NCc2ccccc2OC(F)F)cc1. The van der Waals surface area contributed by atoms with E-state index in [2.05, 4.69) is 14.8 Å². The van der Waals surface area contributed by atoms with Crippen molar-refractivity contribution in [2.24, 2.45) is 0 Å². The van der Waals surface area contributed by atoms with Crippen LogP contribution < -0.4 is 10.1 Å². The molecule has 0 radical (unpaired) electrons. The van der Waals surface area contributed by atoms with E-state index in [1.165, 1.54) is 19.3 Å². The highest BCUT2D eigenvalue weighted by molar-refractivity contribution is 5.92. The first-order valence-corrected chi connectivity index (χ1v) is 7.66. The first-order valence-electron chi connectivity index (χ1n) is 7.66. The summed E-state index contributed by atoms with van der Waals surface area (Å²) in [6, 6.07) is 12.7. The van der Waals surface area contributed by atoms with Crippen molar-refractivity contribution in [2.75, 3.05) is 7.11 Å². The summed E-state index contributed by atoms with van der Waals surface area (Å²) in [5.74, 6) is -0.818. The number of hydrogen-bond acceptors (Lipinski definition) is 4. The molecular weight excluding hydrogens is 344 g/mol. The van der Waals surface area contributed by atoms with Crippen LogP contribution in [0.25, 0.3) is 6.08 Å². The lowest BCUT2D eigenvalue weighted by atomic mass is 10.1. The molecule has 0 aliphatic carbocycles. The number of rotatable bonds is 7. The van der Waals surface area contributed by atoms with Gasteiger partial charge in [0.05, 0.1) is 12.7 Å². The lowest BCUT2D eigenvalue weighted by molar-refractivity contribution is -0.116. The van der Waals surface area contributed by atoms with Gasteiger partial charge < -0.3 is 14.8 Å². The van der Waals surface area contributed by atoms with Crippen molar-refractivity contribution in [3.63, 3.8) is 0 Å². The predicted octanol–water partition coefficient (Wildman–Crippen LogP) is 3.40. The normalized spacial score (nSPS) is 10.8. The first-order chi connectivity index (χ1) is 12.5. The van der Waals surface area contributed by atoms with Crippen LogP contribution in [-0.4, -0.2) is 25.6 Å². The second kappa shape index (κ2) is 9.31. The van der Waals surface area contributed by atoms with E-state index in [0.717, 1.165) is 0 Å². The number of methoxy groups -OCH3 is 1. The molecule has 26 heavy (non-hydrogen) atoms. The number of hydrogen-bond donors (Lipinski definition) is 1. The molecule has 0 saturated heterocycles. The second-order valence-corrected chi connectivity index (χ2v) is 5.15. The fraction of sp³-hybridized carbons (Fsp3) is 0.158. The molecule has 5 nitrogen and oxygen atoms in total. The van der Waals surface area contributed by atoms with E-state index in [9.17, 15) is 18.4 Å². The molecule has 0 aliphatic heterocycles. The van der Waals surface area contributed by atoms with Crippen molar-refractivity contribution < 1.29 is 27.8 Å². The van der Waals surface area contributed by atoms with Crippen molar-refractivity contribution in [1.29, 1.82) is 0 Å². The Bertz CT molecular complexity index is 788. The minimum Gasteiger partial charge on any atom is -0.465 e. The molecule has 7 heteroatoms. The lowest BCUT2D eigenvalue weighted by Crippen LogP contribution is -2.21. The van der Waals surface area contributed by atoms with Gasteiger partial charge in [-0.25, -0.2) is 4.79 Å². The summed E-state index contributed by atoms with van der Waals surface area (Å²) < 4.78 is 33.7. The molecule has 2 aromatic rings. The van der Waals surface area contributed by atoms with Crippen LogP contribution in [0.3, 0.4) is 0 Å². The first kappa shape index (κ1) is 19.1. The van der Waals surface area contributed by atoms with Crippen molar-refractivity contribution in [2.45, 2.75) is 13.2 Å². The molecule has 0 bridgehead atoms. The molecule has 1 N–H and O–H groups in total. The third kappa shape index (κ3) is 5.70. The highest BCUT2D eigenvalue weighted by Gasteiger charge is 2.09. The van der Waals surface area contributed by atoms with Gasteiger partial charge >= 0.3 is 12.6 Å². The van der Waals surface area contributed by atoms with Crippen molar-refractivity contribution in [1.82, 2.24) is 5.32 Å². The van der Waals surface area contributed by atoms with Gasteiger partial charge in [0.15, 0.2) is 0 Å². The number of nitrogens with one attached hydrogen (secondary N) is 1. The molecule has 0 aliphatic rings. The lowest BCUT2D eigenvalue weighted by Gasteiger charge is -2.10. The number of esters is 1. The van der Waals surface area contributed by atoms with Crippen molar-refractivity contribution >= 4 is 18.0 Å². The molecule has 136 valence electrons. The molecule has 0 aromatic heterocycles. The van der Waals surface area contributed by atoms with Gasteiger partial charge in [-0.2, -0.15) is 8.78 Å². The molecule has 0 heterocycles. The summed E-state index contributed by atoms with van der Waals surface area (Å²) in [6.07, 6.45) is 2.88. The number of halogens is 2. The van der Waals surface area contributed by atoms with Crippen LogP contribution in [0, 0.1) is 0 Å². The standard InChI is InChI=1S/C19H17F2NO4/c1-25-18(24)14-9-6-13(7-10-14)8-11-17(23)22-12-15-4-2-3-5-16(15)26-19(20)21/h2-11,19H,12H2,1H3,(H,22,23)/b11-8+. The molecule has 0 saturated carbocycles. The van der Waals surface area contributed by atoms with Crippen molar-refractivity contribution in [3.05, 3.63) is 71.3 Å². The maximum absolute atomic E-state index is 12.4. The molecule has 1 amide bonds. The summed E-state index contributed by atoms with van der Waals surface area (Å²) in [5.41, 5.74) is 1.57. The van der Waals surface area contributed by atoms with Crippen LogP contribution in [0.4, 0.5) is 8.78 Å².